The Labute approximate surface area is 93.4 Å². The van der Waals surface area contributed by atoms with Crippen LogP contribution in [-0.4, -0.2) is 32.3 Å². The van der Waals surface area contributed by atoms with E-state index < -0.39 is 18.1 Å². The van der Waals surface area contributed by atoms with Crippen LogP contribution >= 0.6 is 0 Å². The van der Waals surface area contributed by atoms with E-state index in [9.17, 15) is 9.59 Å². The Kier molecular flexibility index (Phi) is 4.47. The molecule has 0 aliphatic rings. The largest absolute Gasteiger partial charge is 0.466 e. The van der Waals surface area contributed by atoms with E-state index in [1.165, 1.54) is 14.2 Å². The predicted molar refractivity (Wildman–Crippen MR) is 56.7 cm³/mol. The average Bonchev–Trinajstić information content (AvgIpc) is 2.35. The van der Waals surface area contributed by atoms with E-state index in [0.717, 1.165) is 0 Å². The zero-order chi connectivity index (χ0) is 12.0. The molecule has 0 radical (unpaired) electrons. The summed E-state index contributed by atoms with van der Waals surface area (Å²) in [5, 5.41) is 2.40. The highest BCUT2D eigenvalue weighted by molar-refractivity contribution is 5.96. The van der Waals surface area contributed by atoms with Crippen LogP contribution in [0.4, 0.5) is 0 Å². The first kappa shape index (κ1) is 12.2. The average molecular weight is 223 g/mol. The number of hydrogen-bond donors (Lipinski definition) is 1. The van der Waals surface area contributed by atoms with Crippen LogP contribution in [0.15, 0.2) is 30.3 Å². The molecule has 0 spiro atoms. The highest BCUT2D eigenvalue weighted by atomic mass is 16.6. The second-order valence-electron chi connectivity index (χ2n) is 2.98. The predicted octanol–water partition coefficient (Wildman–Crippen LogP) is 0.562. The second-order valence-corrected chi connectivity index (χ2v) is 2.98. The molecule has 86 valence electrons. The molecule has 1 unspecified atom stereocenters. The molecule has 16 heavy (non-hydrogen) atoms. The van der Waals surface area contributed by atoms with Crippen molar-refractivity contribution in [1.29, 1.82) is 0 Å². The van der Waals surface area contributed by atoms with Gasteiger partial charge in [-0.1, -0.05) is 18.2 Å². The summed E-state index contributed by atoms with van der Waals surface area (Å²) in [4.78, 5) is 22.8. The lowest BCUT2D eigenvalue weighted by molar-refractivity contribution is -0.153. The molecule has 0 aromatic heterocycles. The number of benzene rings is 1. The molecule has 1 atom stereocenters. The van der Waals surface area contributed by atoms with Crippen LogP contribution in [0.25, 0.3) is 0 Å². The number of ether oxygens (including phenoxy) is 2. The molecule has 0 saturated carbocycles. The Morgan fingerprint density at radius 2 is 1.81 bits per heavy atom. The standard InChI is InChI=1S/C11H13NO4/c1-15-10(11(14)16-2)12-9(13)8-6-4-3-5-7-8/h3-7,10H,1-2H3,(H,12,13). The molecule has 1 amide bonds. The zero-order valence-corrected chi connectivity index (χ0v) is 9.10. The van der Waals surface area contributed by atoms with E-state index in [-0.39, 0.29) is 0 Å². The molecular formula is C11H13NO4. The lowest BCUT2D eigenvalue weighted by Crippen LogP contribution is -2.42. The highest BCUT2D eigenvalue weighted by Gasteiger charge is 2.20. The first-order chi connectivity index (χ1) is 7.69. The van der Waals surface area contributed by atoms with Gasteiger partial charge in [-0.15, -0.1) is 0 Å². The molecular weight excluding hydrogens is 210 g/mol. The van der Waals surface area contributed by atoms with Gasteiger partial charge in [-0.05, 0) is 12.1 Å². The third kappa shape index (κ3) is 3.06. The number of carbonyl (C=O) groups is 2. The Balaban J connectivity index is 2.66. The minimum Gasteiger partial charge on any atom is -0.466 e. The van der Waals surface area contributed by atoms with Crippen molar-refractivity contribution >= 4 is 11.9 Å². The molecule has 0 heterocycles. The van der Waals surface area contributed by atoms with Gasteiger partial charge in [0.2, 0.25) is 6.23 Å². The third-order valence-corrected chi connectivity index (χ3v) is 1.95. The first-order valence-corrected chi connectivity index (χ1v) is 4.65. The molecule has 0 bridgehead atoms. The number of hydrogen-bond acceptors (Lipinski definition) is 4. The van der Waals surface area contributed by atoms with Crippen molar-refractivity contribution in [2.24, 2.45) is 0 Å². The van der Waals surface area contributed by atoms with E-state index in [2.05, 4.69) is 10.1 Å². The van der Waals surface area contributed by atoms with Gasteiger partial charge in [0.25, 0.3) is 5.91 Å². The normalized spacial score (nSPS) is 11.6. The van der Waals surface area contributed by atoms with Gasteiger partial charge < -0.3 is 14.8 Å². The molecule has 0 fully saturated rings. The maximum atomic E-state index is 11.6. The molecule has 1 N–H and O–H groups in total. The van der Waals surface area contributed by atoms with Crippen LogP contribution < -0.4 is 5.32 Å². The van der Waals surface area contributed by atoms with Gasteiger partial charge in [-0.3, -0.25) is 4.79 Å². The topological polar surface area (TPSA) is 64.6 Å². The first-order valence-electron chi connectivity index (χ1n) is 4.65. The van der Waals surface area contributed by atoms with Crippen LogP contribution in [0, 0.1) is 0 Å². The van der Waals surface area contributed by atoms with Gasteiger partial charge in [0.15, 0.2) is 0 Å². The number of amides is 1. The number of carbonyl (C=O) groups excluding carboxylic acids is 2. The number of nitrogens with one attached hydrogen (secondary N) is 1. The van der Waals surface area contributed by atoms with E-state index in [0.29, 0.717) is 5.56 Å². The van der Waals surface area contributed by atoms with Crippen molar-refractivity contribution in [1.82, 2.24) is 5.32 Å². The van der Waals surface area contributed by atoms with E-state index >= 15 is 0 Å². The molecule has 0 aliphatic carbocycles. The SMILES string of the molecule is COC(=O)C(NC(=O)c1ccccc1)OC. The van der Waals surface area contributed by atoms with Crippen molar-refractivity contribution in [3.63, 3.8) is 0 Å². The minimum atomic E-state index is -1.09. The summed E-state index contributed by atoms with van der Waals surface area (Å²) < 4.78 is 9.25. The third-order valence-electron chi connectivity index (χ3n) is 1.95. The molecule has 0 aliphatic heterocycles. The number of esters is 1. The summed E-state index contributed by atoms with van der Waals surface area (Å²) in [6.45, 7) is 0. The van der Waals surface area contributed by atoms with Crippen molar-refractivity contribution < 1.29 is 19.1 Å². The summed E-state index contributed by atoms with van der Waals surface area (Å²) in [5.41, 5.74) is 0.452. The lowest BCUT2D eigenvalue weighted by atomic mass is 10.2. The van der Waals surface area contributed by atoms with Crippen molar-refractivity contribution in [3.8, 4) is 0 Å². The van der Waals surface area contributed by atoms with Crippen molar-refractivity contribution in [2.45, 2.75) is 6.23 Å². The fraction of sp³-hybridized carbons (Fsp3) is 0.273. The molecule has 5 heteroatoms. The quantitative estimate of drug-likeness (QED) is 0.598. The van der Waals surface area contributed by atoms with Gasteiger partial charge in [0.1, 0.15) is 0 Å². The van der Waals surface area contributed by atoms with Crippen LogP contribution in [-0.2, 0) is 14.3 Å². The van der Waals surface area contributed by atoms with Gasteiger partial charge in [0.05, 0.1) is 7.11 Å². The van der Waals surface area contributed by atoms with Crippen LogP contribution in [0.3, 0.4) is 0 Å². The van der Waals surface area contributed by atoms with Crippen molar-refractivity contribution in [2.75, 3.05) is 14.2 Å². The fourth-order valence-electron chi connectivity index (χ4n) is 1.11. The summed E-state index contributed by atoms with van der Waals surface area (Å²) >= 11 is 0. The number of methoxy groups -OCH3 is 2. The second kappa shape index (κ2) is 5.87. The molecule has 0 saturated heterocycles. The summed E-state index contributed by atoms with van der Waals surface area (Å²) in [7, 11) is 2.54. The van der Waals surface area contributed by atoms with Crippen LogP contribution in [0.5, 0.6) is 0 Å². The van der Waals surface area contributed by atoms with Crippen LogP contribution in [0.1, 0.15) is 10.4 Å². The Bertz CT molecular complexity index is 364. The fourth-order valence-corrected chi connectivity index (χ4v) is 1.11. The zero-order valence-electron chi connectivity index (χ0n) is 9.10. The molecule has 1 aromatic carbocycles. The smallest absolute Gasteiger partial charge is 0.356 e. The molecule has 1 rings (SSSR count). The summed E-state index contributed by atoms with van der Waals surface area (Å²) in [6.07, 6.45) is -1.09. The maximum absolute atomic E-state index is 11.6. The van der Waals surface area contributed by atoms with E-state index in [4.69, 9.17) is 4.74 Å². The monoisotopic (exact) mass is 223 g/mol. The summed E-state index contributed by atoms with van der Waals surface area (Å²) in [5.74, 6) is -1.04. The van der Waals surface area contributed by atoms with Gasteiger partial charge >= 0.3 is 5.97 Å². The maximum Gasteiger partial charge on any atom is 0.356 e. The van der Waals surface area contributed by atoms with Crippen molar-refractivity contribution in [3.05, 3.63) is 35.9 Å². The molecule has 5 nitrogen and oxygen atoms in total. The van der Waals surface area contributed by atoms with E-state index in [1.54, 1.807) is 30.3 Å². The Morgan fingerprint density at radius 1 is 1.19 bits per heavy atom. The lowest BCUT2D eigenvalue weighted by Gasteiger charge is -2.14. The van der Waals surface area contributed by atoms with Gasteiger partial charge in [-0.2, -0.15) is 0 Å². The van der Waals surface area contributed by atoms with Gasteiger partial charge in [-0.25, -0.2) is 4.79 Å². The minimum absolute atomic E-state index is 0.391. The molecule has 1 aromatic rings. The van der Waals surface area contributed by atoms with Crippen LogP contribution in [0.2, 0.25) is 0 Å². The highest BCUT2D eigenvalue weighted by Crippen LogP contribution is 1.99. The number of rotatable bonds is 4. The Hall–Kier alpha value is -1.88. The van der Waals surface area contributed by atoms with Gasteiger partial charge in [0, 0.05) is 12.7 Å². The Morgan fingerprint density at radius 3 is 2.31 bits per heavy atom. The van der Waals surface area contributed by atoms with E-state index in [1.807, 2.05) is 0 Å². The summed E-state index contributed by atoms with van der Waals surface area (Å²) in [6, 6.07) is 8.54.